The van der Waals surface area contributed by atoms with Crippen LogP contribution < -0.4 is 4.74 Å². The smallest absolute Gasteiger partial charge is 0.191 e. The summed E-state index contributed by atoms with van der Waals surface area (Å²) in [5.74, 6) is 2.49. The Bertz CT molecular complexity index is 836. The zero-order valence-electron chi connectivity index (χ0n) is 15.8. The standard InChI is InChI=1S/C21H25N3O2S/c1-3-26-15-16-27-21-23-22-20(18-11-7-8-12-19(18)25-2)24(21)14-13-17-9-5-4-6-10-17/h4-12H,3,13-16H2,1-2H3. The van der Waals surface area contributed by atoms with Gasteiger partial charge in [0.1, 0.15) is 5.75 Å². The molecule has 0 saturated heterocycles. The number of hydrogen-bond donors (Lipinski definition) is 0. The van der Waals surface area contributed by atoms with E-state index in [1.807, 2.05) is 37.3 Å². The minimum Gasteiger partial charge on any atom is -0.496 e. The summed E-state index contributed by atoms with van der Waals surface area (Å²) < 4.78 is 13.2. The van der Waals surface area contributed by atoms with Crippen molar-refractivity contribution in [2.75, 3.05) is 26.1 Å². The number of aryl methyl sites for hydroxylation is 1. The first-order valence-electron chi connectivity index (χ1n) is 9.14. The van der Waals surface area contributed by atoms with Crippen LogP contribution in [-0.4, -0.2) is 40.8 Å². The predicted molar refractivity (Wildman–Crippen MR) is 109 cm³/mol. The second-order valence-electron chi connectivity index (χ2n) is 5.94. The summed E-state index contributed by atoms with van der Waals surface area (Å²) in [5.41, 5.74) is 2.25. The quantitative estimate of drug-likeness (QED) is 0.385. The van der Waals surface area contributed by atoms with Crippen LogP contribution in [0, 0.1) is 0 Å². The third kappa shape index (κ3) is 5.11. The molecule has 1 heterocycles. The van der Waals surface area contributed by atoms with Gasteiger partial charge in [0.2, 0.25) is 0 Å². The zero-order valence-corrected chi connectivity index (χ0v) is 16.6. The predicted octanol–water partition coefficient (Wildman–Crippen LogP) is 4.33. The topological polar surface area (TPSA) is 49.2 Å². The maximum absolute atomic E-state index is 5.53. The molecule has 0 spiro atoms. The third-order valence-corrected chi connectivity index (χ3v) is 5.13. The van der Waals surface area contributed by atoms with Gasteiger partial charge in [-0.2, -0.15) is 0 Å². The molecule has 0 aliphatic heterocycles. The summed E-state index contributed by atoms with van der Waals surface area (Å²) in [5, 5.41) is 9.83. The lowest BCUT2D eigenvalue weighted by molar-refractivity contribution is 0.164. The van der Waals surface area contributed by atoms with Crippen molar-refractivity contribution in [3.05, 3.63) is 60.2 Å². The lowest BCUT2D eigenvalue weighted by atomic mass is 10.1. The van der Waals surface area contributed by atoms with Gasteiger partial charge in [-0.15, -0.1) is 10.2 Å². The summed E-state index contributed by atoms with van der Waals surface area (Å²) >= 11 is 1.67. The van der Waals surface area contributed by atoms with Gasteiger partial charge in [0.05, 0.1) is 19.3 Å². The highest BCUT2D eigenvalue weighted by Crippen LogP contribution is 2.31. The number of thioether (sulfide) groups is 1. The number of para-hydroxylation sites is 1. The molecule has 0 unspecified atom stereocenters. The third-order valence-electron chi connectivity index (χ3n) is 4.19. The molecule has 3 aromatic rings. The van der Waals surface area contributed by atoms with Gasteiger partial charge >= 0.3 is 0 Å². The second-order valence-corrected chi connectivity index (χ2v) is 7.00. The van der Waals surface area contributed by atoms with E-state index in [4.69, 9.17) is 9.47 Å². The highest BCUT2D eigenvalue weighted by molar-refractivity contribution is 7.99. The van der Waals surface area contributed by atoms with E-state index in [-0.39, 0.29) is 0 Å². The highest BCUT2D eigenvalue weighted by Gasteiger charge is 2.17. The fourth-order valence-electron chi connectivity index (χ4n) is 2.85. The number of rotatable bonds is 10. The van der Waals surface area contributed by atoms with E-state index in [2.05, 4.69) is 39.0 Å². The Hall–Kier alpha value is -2.31. The van der Waals surface area contributed by atoms with E-state index >= 15 is 0 Å². The summed E-state index contributed by atoms with van der Waals surface area (Å²) in [6, 6.07) is 18.4. The number of methoxy groups -OCH3 is 1. The molecule has 0 radical (unpaired) electrons. The van der Waals surface area contributed by atoms with Crippen molar-refractivity contribution >= 4 is 11.8 Å². The van der Waals surface area contributed by atoms with Crippen molar-refractivity contribution in [3.63, 3.8) is 0 Å². The van der Waals surface area contributed by atoms with Crippen molar-refractivity contribution in [1.82, 2.24) is 14.8 Å². The molecule has 3 rings (SSSR count). The normalized spacial score (nSPS) is 10.9. The van der Waals surface area contributed by atoms with Crippen LogP contribution in [0.1, 0.15) is 12.5 Å². The molecule has 2 aromatic carbocycles. The lowest BCUT2D eigenvalue weighted by Crippen LogP contribution is -2.07. The second kappa shape index (κ2) is 10.1. The Labute approximate surface area is 164 Å². The molecule has 0 aliphatic carbocycles. The molecule has 0 atom stereocenters. The highest BCUT2D eigenvalue weighted by atomic mass is 32.2. The molecule has 27 heavy (non-hydrogen) atoms. The Morgan fingerprint density at radius 3 is 2.56 bits per heavy atom. The monoisotopic (exact) mass is 383 g/mol. The van der Waals surface area contributed by atoms with Gasteiger partial charge in [0, 0.05) is 18.9 Å². The number of ether oxygens (including phenoxy) is 2. The van der Waals surface area contributed by atoms with Crippen LogP contribution in [0.2, 0.25) is 0 Å². The first-order valence-corrected chi connectivity index (χ1v) is 10.1. The van der Waals surface area contributed by atoms with Gasteiger partial charge in [0.25, 0.3) is 0 Å². The Kier molecular flexibility index (Phi) is 7.30. The molecule has 0 bridgehead atoms. The molecule has 0 aliphatic rings. The summed E-state index contributed by atoms with van der Waals surface area (Å²) in [6.45, 7) is 4.25. The number of benzene rings is 2. The van der Waals surface area contributed by atoms with Crippen LogP contribution in [0.5, 0.6) is 5.75 Å². The van der Waals surface area contributed by atoms with Gasteiger partial charge < -0.3 is 14.0 Å². The molecule has 0 N–H and O–H groups in total. The number of aromatic nitrogens is 3. The van der Waals surface area contributed by atoms with Gasteiger partial charge in [-0.05, 0) is 31.0 Å². The Balaban J connectivity index is 1.86. The van der Waals surface area contributed by atoms with E-state index in [1.165, 1.54) is 5.56 Å². The van der Waals surface area contributed by atoms with Crippen LogP contribution in [0.25, 0.3) is 11.4 Å². The summed E-state index contributed by atoms with van der Waals surface area (Å²) in [6.07, 6.45) is 0.917. The molecule has 0 saturated carbocycles. The first kappa shape index (κ1) is 19.5. The summed E-state index contributed by atoms with van der Waals surface area (Å²) in [4.78, 5) is 0. The molecule has 6 heteroatoms. The molecular formula is C21H25N3O2S. The molecule has 0 fully saturated rings. The van der Waals surface area contributed by atoms with E-state index in [0.29, 0.717) is 6.61 Å². The maximum Gasteiger partial charge on any atom is 0.191 e. The fraction of sp³-hybridized carbons (Fsp3) is 0.333. The van der Waals surface area contributed by atoms with Crippen molar-refractivity contribution < 1.29 is 9.47 Å². The minimum absolute atomic E-state index is 0.705. The SMILES string of the molecule is CCOCCSc1nnc(-c2ccccc2OC)n1CCc1ccccc1. The van der Waals surface area contributed by atoms with E-state index in [9.17, 15) is 0 Å². The summed E-state index contributed by atoms with van der Waals surface area (Å²) in [7, 11) is 1.68. The Morgan fingerprint density at radius 1 is 1.00 bits per heavy atom. The maximum atomic E-state index is 5.53. The largest absolute Gasteiger partial charge is 0.496 e. The van der Waals surface area contributed by atoms with Gasteiger partial charge in [-0.25, -0.2) is 0 Å². The molecule has 5 nitrogen and oxygen atoms in total. The zero-order chi connectivity index (χ0) is 18.9. The number of hydrogen-bond acceptors (Lipinski definition) is 5. The first-order chi connectivity index (χ1) is 13.3. The van der Waals surface area contributed by atoms with Crippen LogP contribution in [0.15, 0.2) is 59.8 Å². The fourth-order valence-corrected chi connectivity index (χ4v) is 3.66. The van der Waals surface area contributed by atoms with E-state index < -0.39 is 0 Å². The van der Waals surface area contributed by atoms with Crippen molar-refractivity contribution in [3.8, 4) is 17.1 Å². The number of nitrogens with zero attached hydrogens (tertiary/aromatic N) is 3. The average Bonchev–Trinajstić information content (AvgIpc) is 3.13. The van der Waals surface area contributed by atoms with Gasteiger partial charge in [-0.3, -0.25) is 0 Å². The average molecular weight is 384 g/mol. The van der Waals surface area contributed by atoms with Gasteiger partial charge in [0.15, 0.2) is 11.0 Å². The molecular weight excluding hydrogens is 358 g/mol. The lowest BCUT2D eigenvalue weighted by Gasteiger charge is -2.12. The van der Waals surface area contributed by atoms with Crippen molar-refractivity contribution in [2.45, 2.75) is 25.0 Å². The van der Waals surface area contributed by atoms with Crippen LogP contribution in [0.3, 0.4) is 0 Å². The van der Waals surface area contributed by atoms with E-state index in [0.717, 1.165) is 47.6 Å². The van der Waals surface area contributed by atoms with Gasteiger partial charge in [-0.1, -0.05) is 54.2 Å². The van der Waals surface area contributed by atoms with Crippen molar-refractivity contribution in [2.24, 2.45) is 0 Å². The molecule has 142 valence electrons. The van der Waals surface area contributed by atoms with Crippen LogP contribution in [-0.2, 0) is 17.7 Å². The van der Waals surface area contributed by atoms with Crippen LogP contribution >= 0.6 is 11.8 Å². The van der Waals surface area contributed by atoms with E-state index in [1.54, 1.807) is 18.9 Å². The molecule has 1 aromatic heterocycles. The molecule has 0 amide bonds. The minimum atomic E-state index is 0.705. The van der Waals surface area contributed by atoms with Crippen LogP contribution in [0.4, 0.5) is 0 Å². The Morgan fingerprint density at radius 2 is 1.78 bits per heavy atom. The van der Waals surface area contributed by atoms with Crippen molar-refractivity contribution in [1.29, 1.82) is 0 Å².